The predicted molar refractivity (Wildman–Crippen MR) is 75.7 cm³/mol. The summed E-state index contributed by atoms with van der Waals surface area (Å²) in [6, 6.07) is 0.402. The first-order valence-electron chi connectivity index (χ1n) is 7.73. The van der Waals surface area contributed by atoms with E-state index in [0.29, 0.717) is 13.2 Å². The molecule has 1 saturated heterocycles. The molecule has 6 nitrogen and oxygen atoms in total. The highest BCUT2D eigenvalue weighted by atomic mass is 19.1. The number of nitrogens with zero attached hydrogens (tertiary/aromatic N) is 2. The van der Waals surface area contributed by atoms with Crippen LogP contribution in [0.2, 0.25) is 0 Å². The SMILES string of the molecule is O=C(NC1CCC(Oc2ncc(F)cn2)CC1)[C@H]1CCOC1. The molecule has 1 aliphatic carbocycles. The first-order chi connectivity index (χ1) is 10.7. The van der Waals surface area contributed by atoms with Crippen molar-refractivity contribution in [1.82, 2.24) is 15.3 Å². The highest BCUT2D eigenvalue weighted by molar-refractivity contribution is 5.79. The van der Waals surface area contributed by atoms with Gasteiger partial charge >= 0.3 is 6.01 Å². The van der Waals surface area contributed by atoms with Gasteiger partial charge in [0.2, 0.25) is 5.91 Å². The maximum atomic E-state index is 12.7. The van der Waals surface area contributed by atoms with Crippen LogP contribution >= 0.6 is 0 Å². The van der Waals surface area contributed by atoms with Crippen LogP contribution in [0.4, 0.5) is 4.39 Å². The third-order valence-corrected chi connectivity index (χ3v) is 4.19. The van der Waals surface area contributed by atoms with Crippen molar-refractivity contribution in [2.75, 3.05) is 13.2 Å². The number of ether oxygens (including phenoxy) is 2. The Labute approximate surface area is 128 Å². The number of aromatic nitrogens is 2. The van der Waals surface area contributed by atoms with Crippen molar-refractivity contribution in [2.24, 2.45) is 5.92 Å². The van der Waals surface area contributed by atoms with E-state index in [4.69, 9.17) is 9.47 Å². The van der Waals surface area contributed by atoms with Crippen LogP contribution in [0.3, 0.4) is 0 Å². The second-order valence-corrected chi connectivity index (χ2v) is 5.84. The fourth-order valence-corrected chi connectivity index (χ4v) is 2.90. The number of rotatable bonds is 4. The van der Waals surface area contributed by atoms with E-state index in [1.54, 1.807) is 0 Å². The number of amides is 1. The molecule has 1 aromatic rings. The minimum absolute atomic E-state index is 0.00147. The van der Waals surface area contributed by atoms with Crippen molar-refractivity contribution in [2.45, 2.75) is 44.2 Å². The average molecular weight is 309 g/mol. The van der Waals surface area contributed by atoms with E-state index < -0.39 is 5.82 Å². The molecule has 1 aliphatic heterocycles. The number of halogens is 1. The van der Waals surface area contributed by atoms with Crippen LogP contribution < -0.4 is 10.1 Å². The molecule has 0 radical (unpaired) electrons. The second kappa shape index (κ2) is 7.00. The Hall–Kier alpha value is -1.76. The van der Waals surface area contributed by atoms with E-state index in [-0.39, 0.29) is 30.0 Å². The van der Waals surface area contributed by atoms with E-state index in [1.807, 2.05) is 0 Å². The molecular weight excluding hydrogens is 289 g/mol. The molecular formula is C15H20FN3O3. The van der Waals surface area contributed by atoms with Crippen molar-refractivity contribution < 1.29 is 18.7 Å². The first kappa shape index (κ1) is 15.1. The molecule has 0 spiro atoms. The van der Waals surface area contributed by atoms with Gasteiger partial charge in [-0.15, -0.1) is 0 Å². The molecule has 2 aliphatic rings. The van der Waals surface area contributed by atoms with Gasteiger partial charge in [-0.3, -0.25) is 4.79 Å². The Morgan fingerprint density at radius 3 is 2.59 bits per heavy atom. The van der Waals surface area contributed by atoms with Gasteiger partial charge in [-0.05, 0) is 32.1 Å². The van der Waals surface area contributed by atoms with Crippen LogP contribution in [0.1, 0.15) is 32.1 Å². The summed E-state index contributed by atoms with van der Waals surface area (Å²) in [4.78, 5) is 19.6. The Morgan fingerprint density at radius 1 is 1.23 bits per heavy atom. The second-order valence-electron chi connectivity index (χ2n) is 5.84. The molecule has 7 heteroatoms. The molecule has 1 saturated carbocycles. The fraction of sp³-hybridized carbons (Fsp3) is 0.667. The first-order valence-corrected chi connectivity index (χ1v) is 7.73. The van der Waals surface area contributed by atoms with Gasteiger partial charge in [0.05, 0.1) is 24.9 Å². The molecule has 120 valence electrons. The van der Waals surface area contributed by atoms with Gasteiger partial charge in [0.15, 0.2) is 5.82 Å². The monoisotopic (exact) mass is 309 g/mol. The largest absolute Gasteiger partial charge is 0.460 e. The van der Waals surface area contributed by atoms with Crippen LogP contribution in [0.15, 0.2) is 12.4 Å². The third-order valence-electron chi connectivity index (χ3n) is 4.19. The molecule has 1 amide bonds. The van der Waals surface area contributed by atoms with Crippen molar-refractivity contribution in [3.63, 3.8) is 0 Å². The summed E-state index contributed by atoms with van der Waals surface area (Å²) in [6.45, 7) is 1.21. The number of carbonyl (C=O) groups excluding carboxylic acids is 1. The van der Waals surface area contributed by atoms with Crippen LogP contribution in [0.5, 0.6) is 6.01 Å². The lowest BCUT2D eigenvalue weighted by atomic mass is 9.92. The molecule has 1 aromatic heterocycles. The topological polar surface area (TPSA) is 73.3 Å². The van der Waals surface area contributed by atoms with Gasteiger partial charge < -0.3 is 14.8 Å². The Bertz CT molecular complexity index is 497. The summed E-state index contributed by atoms with van der Waals surface area (Å²) < 4.78 is 23.6. The lowest BCUT2D eigenvalue weighted by molar-refractivity contribution is -0.126. The lowest BCUT2D eigenvalue weighted by Crippen LogP contribution is -2.42. The maximum Gasteiger partial charge on any atom is 0.316 e. The van der Waals surface area contributed by atoms with Crippen LogP contribution in [-0.4, -0.2) is 41.2 Å². The van der Waals surface area contributed by atoms with E-state index in [1.165, 1.54) is 0 Å². The molecule has 3 rings (SSSR count). The van der Waals surface area contributed by atoms with Gasteiger partial charge in [0, 0.05) is 12.6 Å². The third kappa shape index (κ3) is 3.91. The normalized spacial score (nSPS) is 28.3. The van der Waals surface area contributed by atoms with Gasteiger partial charge in [0.1, 0.15) is 6.10 Å². The van der Waals surface area contributed by atoms with Crippen molar-refractivity contribution >= 4 is 5.91 Å². The Balaban J connectivity index is 1.42. The van der Waals surface area contributed by atoms with E-state index >= 15 is 0 Å². The highest BCUT2D eigenvalue weighted by Gasteiger charge is 2.28. The lowest BCUT2D eigenvalue weighted by Gasteiger charge is -2.29. The van der Waals surface area contributed by atoms with Gasteiger partial charge in [-0.25, -0.2) is 14.4 Å². The summed E-state index contributed by atoms with van der Waals surface area (Å²) in [5, 5.41) is 3.10. The molecule has 0 bridgehead atoms. The molecule has 0 aromatic carbocycles. The maximum absolute atomic E-state index is 12.7. The molecule has 0 unspecified atom stereocenters. The van der Waals surface area contributed by atoms with Crippen molar-refractivity contribution in [3.05, 3.63) is 18.2 Å². The Kier molecular flexibility index (Phi) is 4.82. The van der Waals surface area contributed by atoms with Crippen molar-refractivity contribution in [3.8, 4) is 6.01 Å². The van der Waals surface area contributed by atoms with Crippen LogP contribution in [-0.2, 0) is 9.53 Å². The van der Waals surface area contributed by atoms with E-state index in [0.717, 1.165) is 44.5 Å². The minimum atomic E-state index is -0.477. The van der Waals surface area contributed by atoms with Gasteiger partial charge in [-0.1, -0.05) is 0 Å². The number of nitrogens with one attached hydrogen (secondary N) is 1. The zero-order valence-corrected chi connectivity index (χ0v) is 12.3. The fourth-order valence-electron chi connectivity index (χ4n) is 2.90. The molecule has 2 heterocycles. The zero-order chi connectivity index (χ0) is 15.4. The summed E-state index contributed by atoms with van der Waals surface area (Å²) >= 11 is 0. The van der Waals surface area contributed by atoms with Gasteiger partial charge in [-0.2, -0.15) is 0 Å². The molecule has 22 heavy (non-hydrogen) atoms. The van der Waals surface area contributed by atoms with E-state index in [9.17, 15) is 9.18 Å². The molecule has 1 N–H and O–H groups in total. The summed E-state index contributed by atoms with van der Waals surface area (Å²) in [5.41, 5.74) is 0. The Morgan fingerprint density at radius 2 is 1.95 bits per heavy atom. The van der Waals surface area contributed by atoms with E-state index in [2.05, 4.69) is 15.3 Å². The van der Waals surface area contributed by atoms with Crippen LogP contribution in [0, 0.1) is 11.7 Å². The predicted octanol–water partition coefficient (Wildman–Crippen LogP) is 1.46. The number of hydrogen-bond acceptors (Lipinski definition) is 5. The number of hydrogen-bond donors (Lipinski definition) is 1. The highest BCUT2D eigenvalue weighted by Crippen LogP contribution is 2.23. The molecule has 2 fully saturated rings. The molecule has 1 atom stereocenters. The summed E-state index contributed by atoms with van der Waals surface area (Å²) in [5.74, 6) is -0.375. The smallest absolute Gasteiger partial charge is 0.316 e. The minimum Gasteiger partial charge on any atom is -0.460 e. The standard InChI is InChI=1S/C15H20FN3O3/c16-11-7-17-15(18-8-11)22-13-3-1-12(2-4-13)19-14(20)10-5-6-21-9-10/h7-8,10,12-13H,1-6,9H2,(H,19,20)/t10-,12?,13?/m0/s1. The zero-order valence-electron chi connectivity index (χ0n) is 12.3. The van der Waals surface area contributed by atoms with Crippen LogP contribution in [0.25, 0.3) is 0 Å². The average Bonchev–Trinajstić information content (AvgIpc) is 3.06. The quantitative estimate of drug-likeness (QED) is 0.911. The van der Waals surface area contributed by atoms with Gasteiger partial charge in [0.25, 0.3) is 0 Å². The summed E-state index contributed by atoms with van der Waals surface area (Å²) in [7, 11) is 0. The number of carbonyl (C=O) groups is 1. The van der Waals surface area contributed by atoms with Crippen molar-refractivity contribution in [1.29, 1.82) is 0 Å². The summed E-state index contributed by atoms with van der Waals surface area (Å²) in [6.07, 6.45) is 6.41.